The van der Waals surface area contributed by atoms with Crippen molar-refractivity contribution in [2.75, 3.05) is 6.54 Å². The molecule has 0 spiro atoms. The number of aliphatic imine (C=N–C) groups is 1. The van der Waals surface area contributed by atoms with Crippen LogP contribution in [0.1, 0.15) is 50.2 Å². The molecule has 4 amide bonds. The second-order valence-corrected chi connectivity index (χ2v) is 10.2. The first-order valence-corrected chi connectivity index (χ1v) is 14.2. The molecule has 0 aliphatic carbocycles. The van der Waals surface area contributed by atoms with Crippen LogP contribution in [0.5, 0.6) is 0 Å². The van der Waals surface area contributed by atoms with Gasteiger partial charge in [0, 0.05) is 13.0 Å². The number of nitrogens with two attached hydrogens (primary N) is 4. The van der Waals surface area contributed by atoms with Crippen molar-refractivity contribution in [1.29, 1.82) is 0 Å². The van der Waals surface area contributed by atoms with Gasteiger partial charge in [0.1, 0.15) is 18.1 Å². The molecule has 11 N–H and O–H groups in total. The Labute approximate surface area is 247 Å². The van der Waals surface area contributed by atoms with E-state index in [1.54, 1.807) is 0 Å². The smallest absolute Gasteiger partial charge is 0.243 e. The van der Waals surface area contributed by atoms with Crippen molar-refractivity contribution in [3.63, 3.8) is 0 Å². The fraction of sp³-hybridized carbons (Fsp3) is 0.433. The van der Waals surface area contributed by atoms with Crippen LogP contribution in [0, 0.1) is 0 Å². The number of guanidine groups is 1. The Morgan fingerprint density at radius 3 is 1.74 bits per heavy atom. The summed E-state index contributed by atoms with van der Waals surface area (Å²) in [5.41, 5.74) is 24.1. The van der Waals surface area contributed by atoms with Crippen LogP contribution in [-0.2, 0) is 32.0 Å². The Balaban J connectivity index is 2.16. The third-order valence-corrected chi connectivity index (χ3v) is 6.64. The van der Waals surface area contributed by atoms with Crippen LogP contribution in [0.25, 0.3) is 0 Å². The Morgan fingerprint density at radius 1 is 0.690 bits per heavy atom. The number of carbonyl (C=O) groups is 4. The molecule has 2 aromatic rings. The fourth-order valence-electron chi connectivity index (χ4n) is 4.31. The minimum absolute atomic E-state index is 0.0739. The molecule has 4 atom stereocenters. The van der Waals surface area contributed by atoms with Gasteiger partial charge in [0.25, 0.3) is 0 Å². The third kappa shape index (κ3) is 12.4. The monoisotopic (exact) mass is 580 g/mol. The molecule has 0 bridgehead atoms. The Kier molecular flexibility index (Phi) is 14.5. The van der Waals surface area contributed by atoms with E-state index in [-0.39, 0.29) is 25.3 Å². The molecule has 0 aliphatic rings. The predicted molar refractivity (Wildman–Crippen MR) is 163 cm³/mol. The molecule has 0 saturated carbocycles. The van der Waals surface area contributed by atoms with E-state index in [1.165, 1.54) is 0 Å². The lowest BCUT2D eigenvalue weighted by Gasteiger charge is -2.25. The molecule has 12 nitrogen and oxygen atoms in total. The van der Waals surface area contributed by atoms with Crippen LogP contribution < -0.4 is 38.9 Å². The van der Waals surface area contributed by atoms with Gasteiger partial charge in [-0.05, 0) is 36.8 Å². The zero-order valence-corrected chi connectivity index (χ0v) is 24.1. The number of hydrogen-bond donors (Lipinski definition) is 7. The van der Waals surface area contributed by atoms with Gasteiger partial charge in [-0.3, -0.25) is 24.2 Å². The van der Waals surface area contributed by atoms with E-state index >= 15 is 0 Å². The number of rotatable bonds is 18. The minimum atomic E-state index is -0.995. The highest BCUT2D eigenvalue weighted by Crippen LogP contribution is 2.09. The number of nitrogens with zero attached hydrogens (tertiary/aromatic N) is 1. The van der Waals surface area contributed by atoms with E-state index in [4.69, 9.17) is 22.9 Å². The first-order chi connectivity index (χ1) is 20.1. The number of hydrogen-bond acceptors (Lipinski definition) is 6. The van der Waals surface area contributed by atoms with E-state index < -0.39 is 47.8 Å². The summed E-state index contributed by atoms with van der Waals surface area (Å²) in [4.78, 5) is 55.8. The second-order valence-electron chi connectivity index (χ2n) is 10.2. The molecule has 42 heavy (non-hydrogen) atoms. The summed E-state index contributed by atoms with van der Waals surface area (Å²) in [7, 11) is 0. The van der Waals surface area contributed by atoms with Gasteiger partial charge >= 0.3 is 0 Å². The van der Waals surface area contributed by atoms with Crippen molar-refractivity contribution in [3.05, 3.63) is 71.8 Å². The van der Waals surface area contributed by atoms with Crippen molar-refractivity contribution >= 4 is 29.6 Å². The maximum atomic E-state index is 13.6. The summed E-state index contributed by atoms with van der Waals surface area (Å²) in [5, 5.41) is 8.20. The molecule has 12 heteroatoms. The van der Waals surface area contributed by atoms with E-state index in [0.717, 1.165) is 17.5 Å². The molecule has 0 saturated heterocycles. The van der Waals surface area contributed by atoms with Gasteiger partial charge in [-0.2, -0.15) is 0 Å². The van der Waals surface area contributed by atoms with Gasteiger partial charge in [-0.25, -0.2) is 0 Å². The summed E-state index contributed by atoms with van der Waals surface area (Å²) in [5.74, 6) is -2.36. The van der Waals surface area contributed by atoms with Crippen LogP contribution in [-0.4, -0.2) is 60.3 Å². The maximum Gasteiger partial charge on any atom is 0.243 e. The summed E-state index contributed by atoms with van der Waals surface area (Å²) >= 11 is 0. The molecule has 2 aromatic carbocycles. The van der Waals surface area contributed by atoms with Crippen LogP contribution in [0.3, 0.4) is 0 Å². The largest absolute Gasteiger partial charge is 0.370 e. The molecule has 0 heterocycles. The molecule has 2 rings (SSSR count). The van der Waals surface area contributed by atoms with Gasteiger partial charge in [0.05, 0.1) is 6.04 Å². The standard InChI is InChI=1S/C30H44N8O4/c1-2-3-15-24(28(41)36-23(26(32)39)16-10-17-35-30(33)34)37-29(42)25(19-21-13-8-5-9-14-21)38-27(40)22(31)18-20-11-6-4-7-12-20/h4-9,11-14,22-25H,2-3,10,15-19,31H2,1H3,(H2,32,39)(H,36,41)(H,37,42)(H,38,40)(H4,33,34,35)/t22-,23-,24-,25-/m0/s1. The number of carbonyl (C=O) groups excluding carboxylic acids is 4. The molecular formula is C30H44N8O4. The number of primary amides is 1. The molecule has 0 aromatic heterocycles. The highest BCUT2D eigenvalue weighted by molar-refractivity contribution is 5.94. The van der Waals surface area contributed by atoms with E-state index in [0.29, 0.717) is 25.7 Å². The molecule has 228 valence electrons. The van der Waals surface area contributed by atoms with Crippen molar-refractivity contribution in [1.82, 2.24) is 16.0 Å². The average Bonchev–Trinajstić information content (AvgIpc) is 2.96. The molecule has 0 radical (unpaired) electrons. The topological polar surface area (TPSA) is 221 Å². The summed E-state index contributed by atoms with van der Waals surface area (Å²) in [6, 6.07) is 14.8. The highest BCUT2D eigenvalue weighted by Gasteiger charge is 2.30. The van der Waals surface area contributed by atoms with Crippen molar-refractivity contribution < 1.29 is 19.2 Å². The highest BCUT2D eigenvalue weighted by atomic mass is 16.2. The van der Waals surface area contributed by atoms with Crippen LogP contribution in [0.4, 0.5) is 0 Å². The van der Waals surface area contributed by atoms with E-state index in [1.807, 2.05) is 67.6 Å². The first kappa shape index (κ1) is 33.8. The zero-order valence-electron chi connectivity index (χ0n) is 24.1. The quantitative estimate of drug-likeness (QED) is 0.0725. The predicted octanol–water partition coefficient (Wildman–Crippen LogP) is -0.0174. The van der Waals surface area contributed by atoms with Crippen LogP contribution >= 0.6 is 0 Å². The van der Waals surface area contributed by atoms with Crippen LogP contribution in [0.15, 0.2) is 65.7 Å². The van der Waals surface area contributed by atoms with E-state index in [2.05, 4.69) is 20.9 Å². The van der Waals surface area contributed by atoms with E-state index in [9.17, 15) is 19.2 Å². The second kappa shape index (κ2) is 18.1. The van der Waals surface area contributed by atoms with Gasteiger partial charge in [0.15, 0.2) is 5.96 Å². The maximum absolute atomic E-state index is 13.6. The molecule has 0 fully saturated rings. The minimum Gasteiger partial charge on any atom is -0.370 e. The van der Waals surface area contributed by atoms with Gasteiger partial charge in [0.2, 0.25) is 23.6 Å². The van der Waals surface area contributed by atoms with Crippen molar-refractivity contribution in [3.8, 4) is 0 Å². The summed E-state index contributed by atoms with van der Waals surface area (Å²) < 4.78 is 0. The normalized spacial score (nSPS) is 13.6. The Hall–Kier alpha value is -4.45. The number of nitrogens with one attached hydrogen (secondary N) is 3. The number of amides is 4. The van der Waals surface area contributed by atoms with Gasteiger partial charge < -0.3 is 38.9 Å². The molecule has 0 aliphatic heterocycles. The molecule has 0 unspecified atom stereocenters. The lowest BCUT2D eigenvalue weighted by atomic mass is 10.0. The first-order valence-electron chi connectivity index (χ1n) is 14.2. The van der Waals surface area contributed by atoms with Gasteiger partial charge in [-0.1, -0.05) is 80.4 Å². The number of benzene rings is 2. The lowest BCUT2D eigenvalue weighted by molar-refractivity contribution is -0.133. The van der Waals surface area contributed by atoms with Crippen LogP contribution in [0.2, 0.25) is 0 Å². The lowest BCUT2D eigenvalue weighted by Crippen LogP contribution is -2.58. The summed E-state index contributed by atoms with van der Waals surface area (Å²) in [6.07, 6.45) is 2.86. The number of unbranched alkanes of at least 4 members (excludes halogenated alkanes) is 1. The van der Waals surface area contributed by atoms with Crippen molar-refractivity contribution in [2.24, 2.45) is 27.9 Å². The SMILES string of the molecule is CCCC[C@H](NC(=O)[C@H](Cc1ccccc1)NC(=O)[C@@H](N)Cc1ccccc1)C(=O)N[C@@H](CCCN=C(N)N)C(N)=O. The summed E-state index contributed by atoms with van der Waals surface area (Å²) in [6.45, 7) is 2.23. The molecular weight excluding hydrogens is 536 g/mol. The Morgan fingerprint density at radius 2 is 1.19 bits per heavy atom. The average molecular weight is 581 g/mol. The fourth-order valence-corrected chi connectivity index (χ4v) is 4.31. The van der Waals surface area contributed by atoms with Crippen molar-refractivity contribution in [2.45, 2.75) is 76.0 Å². The Bertz CT molecular complexity index is 1170. The van der Waals surface area contributed by atoms with Gasteiger partial charge in [-0.15, -0.1) is 0 Å². The zero-order chi connectivity index (χ0) is 30.9. The third-order valence-electron chi connectivity index (χ3n) is 6.64.